The van der Waals surface area contributed by atoms with Crippen LogP contribution in [0.4, 0.5) is 0 Å². The van der Waals surface area contributed by atoms with Crippen LogP contribution in [-0.4, -0.2) is 48.4 Å². The van der Waals surface area contributed by atoms with Crippen LogP contribution < -0.4 is 0 Å². The summed E-state index contributed by atoms with van der Waals surface area (Å²) in [4.78, 5) is 16.7. The Bertz CT molecular complexity index is 308. The van der Waals surface area contributed by atoms with E-state index in [1.165, 1.54) is 26.1 Å². The largest absolute Gasteiger partial charge is 0.341 e. The van der Waals surface area contributed by atoms with Gasteiger partial charge in [0, 0.05) is 37.5 Å². The van der Waals surface area contributed by atoms with E-state index in [1.54, 1.807) is 0 Å². The number of likely N-dealkylation sites (tertiary alicyclic amines) is 2. The molecule has 0 atom stereocenters. The van der Waals surface area contributed by atoms with Gasteiger partial charge in [-0.15, -0.1) is 0 Å². The van der Waals surface area contributed by atoms with Crippen LogP contribution in [-0.2, 0) is 4.79 Å². The molecule has 3 fully saturated rings. The maximum Gasteiger partial charge on any atom is 0.225 e. The molecule has 3 aliphatic rings. The highest BCUT2D eigenvalue weighted by atomic mass is 16.2. The molecule has 0 aromatic rings. The van der Waals surface area contributed by atoms with Gasteiger partial charge in [0.05, 0.1) is 0 Å². The van der Waals surface area contributed by atoms with E-state index >= 15 is 0 Å². The van der Waals surface area contributed by atoms with E-state index in [0.717, 1.165) is 31.8 Å². The number of carbonyl (C=O) groups is 1. The van der Waals surface area contributed by atoms with Gasteiger partial charge in [0.15, 0.2) is 0 Å². The molecule has 3 rings (SSSR count). The van der Waals surface area contributed by atoms with Crippen molar-refractivity contribution >= 4 is 5.91 Å². The zero-order chi connectivity index (χ0) is 12.0. The second-order valence-electron chi connectivity index (χ2n) is 6.68. The first-order valence-electron chi connectivity index (χ1n) is 7.13. The summed E-state index contributed by atoms with van der Waals surface area (Å²) in [7, 11) is 0. The number of amides is 1. The molecule has 2 heterocycles. The minimum Gasteiger partial charge on any atom is -0.341 e. The van der Waals surface area contributed by atoms with Crippen LogP contribution in [0, 0.1) is 17.3 Å². The highest BCUT2D eigenvalue weighted by Gasteiger charge is 2.53. The summed E-state index contributed by atoms with van der Waals surface area (Å²) in [5.41, 5.74) is 0.500. The van der Waals surface area contributed by atoms with E-state index in [0.29, 0.717) is 17.2 Å². The van der Waals surface area contributed by atoms with Gasteiger partial charge in [-0.05, 0) is 31.7 Å². The zero-order valence-corrected chi connectivity index (χ0v) is 11.1. The normalized spacial score (nSPS) is 35.1. The average molecular weight is 236 g/mol. The molecule has 0 aromatic heterocycles. The molecule has 2 saturated heterocycles. The summed E-state index contributed by atoms with van der Waals surface area (Å²) in [5, 5.41) is 0. The van der Waals surface area contributed by atoms with E-state index in [1.807, 2.05) is 0 Å². The van der Waals surface area contributed by atoms with Gasteiger partial charge in [-0.2, -0.15) is 0 Å². The second-order valence-corrected chi connectivity index (χ2v) is 6.68. The van der Waals surface area contributed by atoms with Crippen LogP contribution in [0.25, 0.3) is 0 Å². The van der Waals surface area contributed by atoms with Gasteiger partial charge < -0.3 is 9.80 Å². The van der Waals surface area contributed by atoms with E-state index in [4.69, 9.17) is 0 Å². The molecule has 0 bridgehead atoms. The Morgan fingerprint density at radius 3 is 2.41 bits per heavy atom. The van der Waals surface area contributed by atoms with Crippen LogP contribution >= 0.6 is 0 Å². The van der Waals surface area contributed by atoms with Crippen molar-refractivity contribution in [1.82, 2.24) is 9.80 Å². The Kier molecular flexibility index (Phi) is 2.69. The molecule has 3 heteroatoms. The molecule has 1 amide bonds. The first-order chi connectivity index (χ1) is 8.12. The fourth-order valence-corrected chi connectivity index (χ4v) is 3.86. The third kappa shape index (κ3) is 1.88. The first kappa shape index (κ1) is 11.5. The highest BCUT2D eigenvalue weighted by molar-refractivity contribution is 5.80. The Morgan fingerprint density at radius 2 is 1.88 bits per heavy atom. The van der Waals surface area contributed by atoms with Crippen molar-refractivity contribution < 1.29 is 4.79 Å². The molecule has 3 nitrogen and oxygen atoms in total. The standard InChI is InChI=1S/C14H24N2O/c1-3-4-15-7-14(8-15)9-16(10-14)13(17)12-5-11(2)6-12/h11-12H,3-10H2,1-2H3. The van der Waals surface area contributed by atoms with Crippen LogP contribution in [0.3, 0.4) is 0 Å². The Labute approximate surface area is 104 Å². The smallest absolute Gasteiger partial charge is 0.225 e. The summed E-state index contributed by atoms with van der Waals surface area (Å²) in [6, 6.07) is 0. The fraction of sp³-hybridized carbons (Fsp3) is 0.929. The van der Waals surface area contributed by atoms with E-state index in [9.17, 15) is 4.79 Å². The summed E-state index contributed by atoms with van der Waals surface area (Å²) in [6.45, 7) is 10.2. The highest BCUT2D eigenvalue weighted by Crippen LogP contribution is 2.42. The molecule has 0 aromatic carbocycles. The van der Waals surface area contributed by atoms with Gasteiger partial charge in [-0.1, -0.05) is 13.8 Å². The topological polar surface area (TPSA) is 23.6 Å². The number of rotatable bonds is 3. The van der Waals surface area contributed by atoms with Crippen molar-refractivity contribution in [3.8, 4) is 0 Å². The molecule has 17 heavy (non-hydrogen) atoms. The van der Waals surface area contributed by atoms with Crippen molar-refractivity contribution in [2.45, 2.75) is 33.1 Å². The van der Waals surface area contributed by atoms with Crippen LogP contribution in [0.1, 0.15) is 33.1 Å². The van der Waals surface area contributed by atoms with Gasteiger partial charge in [-0.3, -0.25) is 4.79 Å². The van der Waals surface area contributed by atoms with Crippen molar-refractivity contribution in [3.05, 3.63) is 0 Å². The summed E-state index contributed by atoms with van der Waals surface area (Å²) in [6.07, 6.45) is 3.51. The van der Waals surface area contributed by atoms with Crippen molar-refractivity contribution in [2.75, 3.05) is 32.7 Å². The molecular formula is C14H24N2O. The summed E-state index contributed by atoms with van der Waals surface area (Å²) >= 11 is 0. The van der Waals surface area contributed by atoms with Gasteiger partial charge >= 0.3 is 0 Å². The number of carbonyl (C=O) groups excluding carboxylic acids is 1. The van der Waals surface area contributed by atoms with E-state index in [-0.39, 0.29) is 0 Å². The lowest BCUT2D eigenvalue weighted by molar-refractivity contribution is -0.166. The van der Waals surface area contributed by atoms with Gasteiger partial charge in [0.1, 0.15) is 0 Å². The molecule has 96 valence electrons. The monoisotopic (exact) mass is 236 g/mol. The Morgan fingerprint density at radius 1 is 1.24 bits per heavy atom. The molecular weight excluding hydrogens is 212 g/mol. The molecule has 0 N–H and O–H groups in total. The van der Waals surface area contributed by atoms with Gasteiger partial charge in [-0.25, -0.2) is 0 Å². The van der Waals surface area contributed by atoms with Crippen molar-refractivity contribution in [1.29, 1.82) is 0 Å². The number of nitrogens with zero attached hydrogens (tertiary/aromatic N) is 2. The number of hydrogen-bond donors (Lipinski definition) is 0. The quantitative estimate of drug-likeness (QED) is 0.743. The van der Waals surface area contributed by atoms with Crippen molar-refractivity contribution in [2.24, 2.45) is 17.3 Å². The molecule has 2 aliphatic heterocycles. The Hall–Kier alpha value is -0.570. The lowest BCUT2D eigenvalue weighted by atomic mass is 9.70. The summed E-state index contributed by atoms with van der Waals surface area (Å²) < 4.78 is 0. The maximum absolute atomic E-state index is 12.1. The van der Waals surface area contributed by atoms with Crippen LogP contribution in [0.15, 0.2) is 0 Å². The Balaban J connectivity index is 1.42. The molecule has 1 saturated carbocycles. The first-order valence-corrected chi connectivity index (χ1v) is 7.13. The maximum atomic E-state index is 12.1. The predicted molar refractivity (Wildman–Crippen MR) is 67.6 cm³/mol. The minimum atomic E-state index is 0.370. The summed E-state index contributed by atoms with van der Waals surface area (Å²) in [5.74, 6) is 1.60. The van der Waals surface area contributed by atoms with Crippen molar-refractivity contribution in [3.63, 3.8) is 0 Å². The molecule has 1 spiro atoms. The molecule has 0 radical (unpaired) electrons. The average Bonchev–Trinajstić information content (AvgIpc) is 2.14. The zero-order valence-electron chi connectivity index (χ0n) is 11.1. The molecule has 1 aliphatic carbocycles. The van der Waals surface area contributed by atoms with Gasteiger partial charge in [0.2, 0.25) is 5.91 Å². The number of hydrogen-bond acceptors (Lipinski definition) is 2. The van der Waals surface area contributed by atoms with Crippen LogP contribution in [0.2, 0.25) is 0 Å². The van der Waals surface area contributed by atoms with Gasteiger partial charge in [0.25, 0.3) is 0 Å². The fourth-order valence-electron chi connectivity index (χ4n) is 3.86. The third-order valence-corrected chi connectivity index (χ3v) is 4.75. The third-order valence-electron chi connectivity index (χ3n) is 4.75. The minimum absolute atomic E-state index is 0.370. The van der Waals surface area contributed by atoms with E-state index < -0.39 is 0 Å². The predicted octanol–water partition coefficient (Wildman–Crippen LogP) is 1.59. The lowest BCUT2D eigenvalue weighted by Crippen LogP contribution is -2.73. The van der Waals surface area contributed by atoms with Crippen LogP contribution in [0.5, 0.6) is 0 Å². The second kappa shape index (κ2) is 3.98. The molecule has 0 unspecified atom stereocenters. The van der Waals surface area contributed by atoms with E-state index in [2.05, 4.69) is 23.6 Å². The lowest BCUT2D eigenvalue weighted by Gasteiger charge is -2.61. The SMILES string of the molecule is CCCN1CC2(C1)CN(C(=O)C1CC(C)C1)C2.